The van der Waals surface area contributed by atoms with Crippen LogP contribution in [0.4, 0.5) is 0 Å². The Hall–Kier alpha value is -1.06. The van der Waals surface area contributed by atoms with Gasteiger partial charge in [-0.3, -0.25) is 0 Å². The van der Waals surface area contributed by atoms with Crippen LogP contribution in [-0.2, 0) is 9.59 Å². The van der Waals surface area contributed by atoms with Crippen LogP contribution < -0.4 is 10.2 Å². The van der Waals surface area contributed by atoms with Gasteiger partial charge in [0.1, 0.15) is 0 Å². The van der Waals surface area contributed by atoms with E-state index in [0.29, 0.717) is 25.7 Å². The fourth-order valence-electron chi connectivity index (χ4n) is 1.81. The van der Waals surface area contributed by atoms with Crippen molar-refractivity contribution >= 4 is 11.9 Å². The van der Waals surface area contributed by atoms with E-state index >= 15 is 0 Å². The highest BCUT2D eigenvalue weighted by atomic mass is 16.4. The number of unbranched alkanes of at least 4 members (excludes halogenated alkanes) is 2. The molecule has 0 radical (unpaired) electrons. The van der Waals surface area contributed by atoms with Gasteiger partial charge in [0.15, 0.2) is 0 Å². The third-order valence-corrected chi connectivity index (χ3v) is 2.83. The van der Waals surface area contributed by atoms with Crippen molar-refractivity contribution in [3.8, 4) is 0 Å². The summed E-state index contributed by atoms with van der Waals surface area (Å²) in [5, 5.41) is 21.8. The molecule has 0 heterocycles. The predicted molar refractivity (Wildman–Crippen MR) is 56.0 cm³/mol. The Morgan fingerprint density at radius 2 is 1.19 bits per heavy atom. The van der Waals surface area contributed by atoms with E-state index in [1.165, 1.54) is 0 Å². The van der Waals surface area contributed by atoms with E-state index in [0.717, 1.165) is 12.8 Å². The van der Waals surface area contributed by atoms with Crippen molar-refractivity contribution in [2.24, 2.45) is 11.8 Å². The Bertz CT molecular complexity index is 201. The van der Waals surface area contributed by atoms with Crippen molar-refractivity contribution < 1.29 is 19.8 Å². The van der Waals surface area contributed by atoms with Crippen LogP contribution in [0, 0.1) is 11.8 Å². The second-order valence-corrected chi connectivity index (χ2v) is 4.14. The van der Waals surface area contributed by atoms with Gasteiger partial charge < -0.3 is 19.8 Å². The maximum absolute atomic E-state index is 10.9. The second kappa shape index (κ2) is 8.13. The molecular weight excluding hydrogens is 208 g/mol. The van der Waals surface area contributed by atoms with Crippen molar-refractivity contribution in [2.45, 2.75) is 52.4 Å². The summed E-state index contributed by atoms with van der Waals surface area (Å²) >= 11 is 0. The third kappa shape index (κ3) is 5.14. The molecule has 0 rings (SSSR count). The molecule has 0 aromatic carbocycles. The molecule has 0 saturated carbocycles. The average Bonchev–Trinajstić information content (AvgIpc) is 2.21. The lowest BCUT2D eigenvalue weighted by atomic mass is 9.84. The van der Waals surface area contributed by atoms with Gasteiger partial charge in [0.05, 0.1) is 0 Å². The maximum atomic E-state index is 10.9. The molecule has 0 aromatic heterocycles. The van der Waals surface area contributed by atoms with E-state index in [4.69, 9.17) is 0 Å². The first kappa shape index (κ1) is 14.9. The molecule has 0 aliphatic carbocycles. The minimum absolute atomic E-state index is 0.362. The monoisotopic (exact) mass is 228 g/mol. The van der Waals surface area contributed by atoms with Crippen LogP contribution in [-0.4, -0.2) is 11.9 Å². The van der Waals surface area contributed by atoms with Gasteiger partial charge >= 0.3 is 0 Å². The smallest absolute Gasteiger partial charge is 0.0451 e. The molecule has 94 valence electrons. The highest BCUT2D eigenvalue weighted by Crippen LogP contribution is 2.23. The molecule has 0 fully saturated rings. The second-order valence-electron chi connectivity index (χ2n) is 4.14. The molecule has 16 heavy (non-hydrogen) atoms. The van der Waals surface area contributed by atoms with Crippen molar-refractivity contribution in [1.29, 1.82) is 0 Å². The predicted octanol–water partition coefficient (Wildman–Crippen LogP) is 0.0990. The maximum Gasteiger partial charge on any atom is 0.0451 e. The third-order valence-electron chi connectivity index (χ3n) is 2.83. The molecule has 0 amide bonds. The van der Waals surface area contributed by atoms with Crippen molar-refractivity contribution in [3.63, 3.8) is 0 Å². The minimum atomic E-state index is -1.27. The topological polar surface area (TPSA) is 80.3 Å². The van der Waals surface area contributed by atoms with Crippen molar-refractivity contribution in [3.05, 3.63) is 0 Å². The van der Waals surface area contributed by atoms with Gasteiger partial charge in [-0.2, -0.15) is 0 Å². The first-order valence-electron chi connectivity index (χ1n) is 5.96. The van der Waals surface area contributed by atoms with Gasteiger partial charge in [-0.1, -0.05) is 39.5 Å². The number of hydrogen-bond acceptors (Lipinski definition) is 4. The minimum Gasteiger partial charge on any atom is -0.550 e. The van der Waals surface area contributed by atoms with Crippen LogP contribution in [0.15, 0.2) is 0 Å². The molecule has 0 spiro atoms. The number of hydrogen-bond donors (Lipinski definition) is 0. The summed E-state index contributed by atoms with van der Waals surface area (Å²) in [5.74, 6) is -4.34. The van der Waals surface area contributed by atoms with Gasteiger partial charge in [-0.25, -0.2) is 0 Å². The zero-order chi connectivity index (χ0) is 12.6. The average molecular weight is 228 g/mol. The molecule has 4 heteroatoms. The van der Waals surface area contributed by atoms with Gasteiger partial charge in [0.2, 0.25) is 0 Å². The Labute approximate surface area is 96.7 Å². The lowest BCUT2D eigenvalue weighted by molar-refractivity contribution is -0.327. The van der Waals surface area contributed by atoms with E-state index in [1.807, 2.05) is 13.8 Å². The fraction of sp³-hybridized carbons (Fsp3) is 0.833. The lowest BCUT2D eigenvalue weighted by Crippen LogP contribution is -2.44. The van der Waals surface area contributed by atoms with Crippen LogP contribution in [0.5, 0.6) is 0 Å². The molecule has 0 aromatic rings. The number of rotatable bonds is 9. The van der Waals surface area contributed by atoms with E-state index < -0.39 is 23.8 Å². The first-order chi connectivity index (χ1) is 7.54. The van der Waals surface area contributed by atoms with Crippen LogP contribution in [0.25, 0.3) is 0 Å². The lowest BCUT2D eigenvalue weighted by Gasteiger charge is -2.28. The van der Waals surface area contributed by atoms with Gasteiger partial charge in [0.25, 0.3) is 0 Å². The Morgan fingerprint density at radius 1 is 0.875 bits per heavy atom. The molecule has 2 unspecified atom stereocenters. The quantitative estimate of drug-likeness (QED) is 0.560. The standard InChI is InChI=1S/C12H22O4/c1-3-5-7-9(11(13)14)10(12(15)16)8-6-4-2/h9-10H,3-8H2,1-2H3,(H,13,14)(H,15,16)/p-2. The molecule has 4 nitrogen and oxygen atoms in total. The highest BCUT2D eigenvalue weighted by Gasteiger charge is 2.22. The summed E-state index contributed by atoms with van der Waals surface area (Å²) in [4.78, 5) is 21.8. The summed E-state index contributed by atoms with van der Waals surface area (Å²) in [7, 11) is 0. The van der Waals surface area contributed by atoms with E-state index in [2.05, 4.69) is 0 Å². The molecule has 0 bridgehead atoms. The van der Waals surface area contributed by atoms with Crippen LogP contribution in [0.2, 0.25) is 0 Å². The van der Waals surface area contributed by atoms with Crippen LogP contribution in [0.1, 0.15) is 52.4 Å². The summed E-state index contributed by atoms with van der Waals surface area (Å²) < 4.78 is 0. The van der Waals surface area contributed by atoms with E-state index in [-0.39, 0.29) is 0 Å². The van der Waals surface area contributed by atoms with Gasteiger partial charge in [0, 0.05) is 23.8 Å². The number of carbonyl (C=O) groups excluding carboxylic acids is 2. The summed E-state index contributed by atoms with van der Waals surface area (Å²) in [6.07, 6.45) is 3.82. The Morgan fingerprint density at radius 3 is 1.38 bits per heavy atom. The Kier molecular flexibility index (Phi) is 7.60. The molecule has 0 aliphatic rings. The number of carboxylic acid groups (broad SMARTS) is 2. The number of aliphatic carboxylic acids is 2. The summed E-state index contributed by atoms with van der Waals surface area (Å²) in [5.41, 5.74) is 0. The molecule has 0 saturated heterocycles. The van der Waals surface area contributed by atoms with E-state index in [1.54, 1.807) is 0 Å². The molecule has 0 N–H and O–H groups in total. The van der Waals surface area contributed by atoms with Crippen molar-refractivity contribution in [1.82, 2.24) is 0 Å². The first-order valence-corrected chi connectivity index (χ1v) is 5.96. The summed E-state index contributed by atoms with van der Waals surface area (Å²) in [6.45, 7) is 3.87. The zero-order valence-corrected chi connectivity index (χ0v) is 10.0. The van der Waals surface area contributed by atoms with Gasteiger partial charge in [-0.15, -0.1) is 0 Å². The fourth-order valence-corrected chi connectivity index (χ4v) is 1.81. The highest BCUT2D eigenvalue weighted by molar-refractivity contribution is 5.77. The summed E-state index contributed by atoms with van der Waals surface area (Å²) in [6, 6.07) is 0. The van der Waals surface area contributed by atoms with Crippen LogP contribution >= 0.6 is 0 Å². The molecule has 0 aliphatic heterocycles. The van der Waals surface area contributed by atoms with Gasteiger partial charge in [-0.05, 0) is 12.8 Å². The molecular formula is C12H20O4-2. The number of carbonyl (C=O) groups is 2. The van der Waals surface area contributed by atoms with Crippen LogP contribution in [0.3, 0.4) is 0 Å². The largest absolute Gasteiger partial charge is 0.550 e. The number of carboxylic acids is 2. The van der Waals surface area contributed by atoms with Crippen molar-refractivity contribution in [2.75, 3.05) is 0 Å². The Balaban J connectivity index is 4.52. The van der Waals surface area contributed by atoms with E-state index in [9.17, 15) is 19.8 Å². The SMILES string of the molecule is CCCCC(C(=O)[O-])C(CCCC)C(=O)[O-]. The molecule has 2 atom stereocenters. The normalized spacial score (nSPS) is 14.4. The zero-order valence-electron chi connectivity index (χ0n) is 10.0.